The molecule has 61 valence electrons. The van der Waals surface area contributed by atoms with Crippen molar-refractivity contribution in [3.05, 3.63) is 16.4 Å². The SMILES string of the molecule is CCOc1nc(O)cc(=O)[nH]1.[Na]. The molecule has 0 spiro atoms. The van der Waals surface area contributed by atoms with Crippen molar-refractivity contribution in [3.8, 4) is 11.9 Å². The van der Waals surface area contributed by atoms with Gasteiger partial charge in [0, 0.05) is 29.6 Å². The Morgan fingerprint density at radius 3 is 2.92 bits per heavy atom. The van der Waals surface area contributed by atoms with E-state index in [1.165, 1.54) is 0 Å². The van der Waals surface area contributed by atoms with Crippen LogP contribution in [0.1, 0.15) is 6.92 Å². The zero-order valence-electron chi connectivity index (χ0n) is 7.00. The number of aromatic hydroxyl groups is 1. The predicted molar refractivity (Wildman–Crippen MR) is 43.4 cm³/mol. The molecule has 1 aromatic rings. The van der Waals surface area contributed by atoms with Crippen LogP contribution in [-0.4, -0.2) is 51.2 Å². The Kier molecular flexibility index (Phi) is 4.96. The van der Waals surface area contributed by atoms with Crippen molar-refractivity contribution in [2.45, 2.75) is 6.92 Å². The van der Waals surface area contributed by atoms with Crippen LogP contribution in [0.3, 0.4) is 0 Å². The quantitative estimate of drug-likeness (QED) is 0.600. The van der Waals surface area contributed by atoms with Crippen LogP contribution in [0, 0.1) is 0 Å². The third-order valence-electron chi connectivity index (χ3n) is 0.987. The smallest absolute Gasteiger partial charge is 0.299 e. The van der Waals surface area contributed by atoms with Crippen LogP contribution in [0.5, 0.6) is 11.9 Å². The molecule has 1 heterocycles. The van der Waals surface area contributed by atoms with Gasteiger partial charge in [-0.3, -0.25) is 9.78 Å². The van der Waals surface area contributed by atoms with Gasteiger partial charge in [0.2, 0.25) is 5.88 Å². The Bertz CT molecular complexity index is 299. The monoisotopic (exact) mass is 179 g/mol. The molecule has 12 heavy (non-hydrogen) atoms. The molecule has 0 aromatic carbocycles. The third-order valence-corrected chi connectivity index (χ3v) is 0.987. The van der Waals surface area contributed by atoms with Gasteiger partial charge in [0.15, 0.2) is 0 Å². The van der Waals surface area contributed by atoms with Gasteiger partial charge in [-0.1, -0.05) is 0 Å². The van der Waals surface area contributed by atoms with Crippen LogP contribution in [0.2, 0.25) is 0 Å². The predicted octanol–water partition coefficient (Wildman–Crippen LogP) is -0.507. The van der Waals surface area contributed by atoms with Gasteiger partial charge < -0.3 is 9.84 Å². The summed E-state index contributed by atoms with van der Waals surface area (Å²) in [6.45, 7) is 2.15. The summed E-state index contributed by atoms with van der Waals surface area (Å²) in [4.78, 5) is 16.5. The second kappa shape index (κ2) is 5.18. The van der Waals surface area contributed by atoms with Crippen molar-refractivity contribution >= 4 is 29.6 Å². The van der Waals surface area contributed by atoms with E-state index in [0.29, 0.717) is 6.61 Å². The molecule has 2 N–H and O–H groups in total. The van der Waals surface area contributed by atoms with Crippen molar-refractivity contribution in [1.29, 1.82) is 0 Å². The Balaban J connectivity index is 0.00000121. The van der Waals surface area contributed by atoms with Gasteiger partial charge in [-0.05, 0) is 6.92 Å². The van der Waals surface area contributed by atoms with E-state index in [-0.39, 0.29) is 41.4 Å². The first-order chi connectivity index (χ1) is 5.22. The summed E-state index contributed by atoms with van der Waals surface area (Å²) >= 11 is 0. The van der Waals surface area contributed by atoms with Gasteiger partial charge >= 0.3 is 0 Å². The first kappa shape index (κ1) is 11.5. The van der Waals surface area contributed by atoms with E-state index in [1.54, 1.807) is 6.92 Å². The molecule has 0 saturated heterocycles. The van der Waals surface area contributed by atoms with Crippen LogP contribution in [0.4, 0.5) is 0 Å². The molecule has 0 atom stereocenters. The molecule has 5 nitrogen and oxygen atoms in total. The van der Waals surface area contributed by atoms with E-state index >= 15 is 0 Å². The fourth-order valence-electron chi connectivity index (χ4n) is 0.628. The summed E-state index contributed by atoms with van der Waals surface area (Å²) in [6, 6.07) is 1.01. The van der Waals surface area contributed by atoms with Crippen LogP contribution >= 0.6 is 0 Å². The maximum absolute atomic E-state index is 10.7. The number of nitrogens with zero attached hydrogens (tertiary/aromatic N) is 1. The minimum atomic E-state index is -0.430. The first-order valence-electron chi connectivity index (χ1n) is 3.15. The maximum atomic E-state index is 10.7. The Hall–Kier alpha value is -0.520. The molecular formula is C6H8N2NaO3. The molecule has 1 rings (SSSR count). The number of rotatable bonds is 2. The second-order valence-electron chi connectivity index (χ2n) is 1.84. The van der Waals surface area contributed by atoms with E-state index in [2.05, 4.69) is 9.97 Å². The van der Waals surface area contributed by atoms with E-state index < -0.39 is 5.56 Å². The number of ether oxygens (including phenoxy) is 1. The molecule has 0 fully saturated rings. The van der Waals surface area contributed by atoms with Crippen LogP contribution < -0.4 is 10.3 Å². The van der Waals surface area contributed by atoms with Crippen molar-refractivity contribution in [2.24, 2.45) is 0 Å². The van der Waals surface area contributed by atoms with Gasteiger partial charge in [-0.25, -0.2) is 0 Å². The molecule has 1 aromatic heterocycles. The minimum absolute atomic E-state index is 0. The normalized spacial score (nSPS) is 8.75. The van der Waals surface area contributed by atoms with Crippen molar-refractivity contribution in [3.63, 3.8) is 0 Å². The maximum Gasteiger partial charge on any atom is 0.299 e. The average molecular weight is 179 g/mol. The van der Waals surface area contributed by atoms with Gasteiger partial charge in [0.1, 0.15) is 0 Å². The average Bonchev–Trinajstić information content (AvgIpc) is 1.85. The Morgan fingerprint density at radius 2 is 2.42 bits per heavy atom. The largest absolute Gasteiger partial charge is 0.493 e. The van der Waals surface area contributed by atoms with Crippen molar-refractivity contribution in [1.82, 2.24) is 9.97 Å². The van der Waals surface area contributed by atoms with Crippen LogP contribution in [0.25, 0.3) is 0 Å². The van der Waals surface area contributed by atoms with Crippen molar-refractivity contribution < 1.29 is 9.84 Å². The number of H-pyrrole nitrogens is 1. The van der Waals surface area contributed by atoms with Crippen LogP contribution in [-0.2, 0) is 0 Å². The fraction of sp³-hybridized carbons (Fsp3) is 0.333. The molecule has 0 unspecified atom stereocenters. The fourth-order valence-corrected chi connectivity index (χ4v) is 0.628. The number of nitrogens with one attached hydrogen (secondary N) is 1. The summed E-state index contributed by atoms with van der Waals surface area (Å²) in [5.41, 5.74) is -0.430. The second-order valence-corrected chi connectivity index (χ2v) is 1.84. The molecule has 0 aliphatic rings. The molecule has 6 heteroatoms. The summed E-state index contributed by atoms with van der Waals surface area (Å²) < 4.78 is 4.84. The Morgan fingerprint density at radius 1 is 1.75 bits per heavy atom. The zero-order chi connectivity index (χ0) is 8.27. The molecule has 1 radical (unpaired) electrons. The standard InChI is InChI=1S/C6H8N2O3.Na/c1-2-11-6-7-4(9)3-5(10)8-6;/h3H,2H2,1H3,(H2,7,8,9,10);. The number of hydrogen-bond donors (Lipinski definition) is 2. The van der Waals surface area contributed by atoms with Crippen molar-refractivity contribution in [2.75, 3.05) is 6.61 Å². The minimum Gasteiger partial charge on any atom is -0.493 e. The molecule has 0 aliphatic heterocycles. The van der Waals surface area contributed by atoms with E-state index in [1.807, 2.05) is 0 Å². The molecule has 0 aliphatic carbocycles. The summed E-state index contributed by atoms with van der Waals surface area (Å²) in [6.07, 6.45) is 0. The molecule has 0 saturated carbocycles. The number of hydrogen-bond acceptors (Lipinski definition) is 4. The number of aromatic amines is 1. The van der Waals surface area contributed by atoms with Gasteiger partial charge in [-0.15, -0.1) is 0 Å². The summed E-state index contributed by atoms with van der Waals surface area (Å²) in [7, 11) is 0. The molecule has 0 bridgehead atoms. The van der Waals surface area contributed by atoms with E-state index in [4.69, 9.17) is 9.84 Å². The molecule has 0 amide bonds. The topological polar surface area (TPSA) is 75.2 Å². The third kappa shape index (κ3) is 3.25. The van der Waals surface area contributed by atoms with Crippen LogP contribution in [0.15, 0.2) is 10.9 Å². The molecular weight excluding hydrogens is 171 g/mol. The first-order valence-corrected chi connectivity index (χ1v) is 3.15. The van der Waals surface area contributed by atoms with E-state index in [9.17, 15) is 4.79 Å². The zero-order valence-corrected chi connectivity index (χ0v) is 9.00. The number of aromatic nitrogens is 2. The Labute approximate surface area is 91.1 Å². The van der Waals surface area contributed by atoms with E-state index in [0.717, 1.165) is 6.07 Å². The van der Waals surface area contributed by atoms with Gasteiger partial charge in [0.25, 0.3) is 11.6 Å². The summed E-state index contributed by atoms with van der Waals surface area (Å²) in [5.74, 6) is -0.336. The van der Waals surface area contributed by atoms with Gasteiger partial charge in [-0.2, -0.15) is 4.98 Å². The summed E-state index contributed by atoms with van der Waals surface area (Å²) in [5, 5.41) is 8.81. The van der Waals surface area contributed by atoms with Gasteiger partial charge in [0.05, 0.1) is 12.7 Å².